The van der Waals surface area contributed by atoms with Crippen molar-refractivity contribution >= 4 is 16.9 Å². The first kappa shape index (κ1) is 16.1. The van der Waals surface area contributed by atoms with Crippen LogP contribution in [0, 0.1) is 0 Å². The van der Waals surface area contributed by atoms with Crippen molar-refractivity contribution in [1.82, 2.24) is 15.0 Å². The number of nitrogens with zero attached hydrogens (tertiary/aromatic N) is 3. The largest absolute Gasteiger partial charge is 0.497 e. The van der Waals surface area contributed by atoms with Gasteiger partial charge in [0.05, 0.1) is 12.5 Å². The van der Waals surface area contributed by atoms with E-state index in [0.717, 1.165) is 40.4 Å². The summed E-state index contributed by atoms with van der Waals surface area (Å²) in [7, 11) is 3.72. The molecule has 2 heterocycles. The van der Waals surface area contributed by atoms with Crippen LogP contribution in [-0.4, -0.2) is 29.1 Å². The average molecular weight is 344 g/mol. The second-order valence-electron chi connectivity index (χ2n) is 6.22. The van der Waals surface area contributed by atoms with Crippen LogP contribution in [0.2, 0.25) is 0 Å². The van der Waals surface area contributed by atoms with Gasteiger partial charge < -0.3 is 14.6 Å². The van der Waals surface area contributed by atoms with Gasteiger partial charge in [-0.05, 0) is 23.8 Å². The summed E-state index contributed by atoms with van der Waals surface area (Å²) in [6, 6.07) is 20.4. The lowest BCUT2D eigenvalue weighted by Gasteiger charge is -2.18. The molecule has 5 heteroatoms. The number of aromatic nitrogens is 3. The zero-order valence-electron chi connectivity index (χ0n) is 14.8. The van der Waals surface area contributed by atoms with E-state index in [2.05, 4.69) is 50.2 Å². The SMILES string of the molecule is COc1cccc(-c2cc3c(N(C)Cc4ccccc4)ncnc3[nH]2)c1. The zero-order chi connectivity index (χ0) is 17.9. The fourth-order valence-electron chi connectivity index (χ4n) is 3.11. The number of hydrogen-bond donors (Lipinski definition) is 1. The van der Waals surface area contributed by atoms with Crippen LogP contribution in [0.1, 0.15) is 5.56 Å². The number of aromatic amines is 1. The minimum absolute atomic E-state index is 0.784. The Labute approximate surface area is 152 Å². The van der Waals surface area contributed by atoms with Crippen molar-refractivity contribution in [2.75, 3.05) is 19.1 Å². The van der Waals surface area contributed by atoms with E-state index >= 15 is 0 Å². The van der Waals surface area contributed by atoms with E-state index in [1.54, 1.807) is 13.4 Å². The van der Waals surface area contributed by atoms with Gasteiger partial charge in [0, 0.05) is 24.8 Å². The molecule has 0 bridgehead atoms. The first-order valence-corrected chi connectivity index (χ1v) is 8.48. The van der Waals surface area contributed by atoms with Crippen molar-refractivity contribution < 1.29 is 4.74 Å². The van der Waals surface area contributed by atoms with Crippen molar-refractivity contribution in [3.8, 4) is 17.0 Å². The number of anilines is 1. The van der Waals surface area contributed by atoms with Crippen LogP contribution in [0.4, 0.5) is 5.82 Å². The molecule has 0 aliphatic rings. The molecular formula is C21H20N4O. The second kappa shape index (κ2) is 6.88. The Kier molecular flexibility index (Phi) is 4.27. The summed E-state index contributed by atoms with van der Waals surface area (Å²) in [5, 5.41) is 1.00. The number of fused-ring (bicyclic) bond motifs is 1. The summed E-state index contributed by atoms with van der Waals surface area (Å²) in [5.41, 5.74) is 4.12. The van der Waals surface area contributed by atoms with E-state index in [1.807, 2.05) is 37.4 Å². The minimum atomic E-state index is 0.784. The van der Waals surface area contributed by atoms with E-state index < -0.39 is 0 Å². The van der Waals surface area contributed by atoms with Crippen LogP contribution in [0.25, 0.3) is 22.3 Å². The molecule has 1 N–H and O–H groups in total. The standard InChI is InChI=1S/C21H20N4O/c1-25(13-15-7-4-3-5-8-15)21-18-12-19(24-20(18)22-14-23-21)16-9-6-10-17(11-16)26-2/h3-12,14H,13H2,1-2H3,(H,22,23,24). The van der Waals surface area contributed by atoms with E-state index in [4.69, 9.17) is 4.74 Å². The summed E-state index contributed by atoms with van der Waals surface area (Å²) in [5.74, 6) is 1.73. The van der Waals surface area contributed by atoms with Crippen LogP contribution in [0.15, 0.2) is 67.0 Å². The fourth-order valence-corrected chi connectivity index (χ4v) is 3.11. The number of nitrogens with one attached hydrogen (secondary N) is 1. The molecular weight excluding hydrogens is 324 g/mol. The number of methoxy groups -OCH3 is 1. The van der Waals surface area contributed by atoms with Gasteiger partial charge in [0.15, 0.2) is 0 Å². The molecule has 0 aliphatic carbocycles. The molecule has 5 nitrogen and oxygen atoms in total. The Morgan fingerprint density at radius 2 is 1.85 bits per heavy atom. The number of hydrogen-bond acceptors (Lipinski definition) is 4. The highest BCUT2D eigenvalue weighted by atomic mass is 16.5. The summed E-state index contributed by atoms with van der Waals surface area (Å²) >= 11 is 0. The molecule has 0 amide bonds. The zero-order valence-corrected chi connectivity index (χ0v) is 14.8. The Morgan fingerprint density at radius 3 is 2.65 bits per heavy atom. The predicted octanol–water partition coefficient (Wildman–Crippen LogP) is 4.27. The first-order chi connectivity index (χ1) is 12.7. The quantitative estimate of drug-likeness (QED) is 0.587. The van der Waals surface area contributed by atoms with Crippen molar-refractivity contribution in [2.24, 2.45) is 0 Å². The fraction of sp³-hybridized carbons (Fsp3) is 0.143. The molecule has 130 valence electrons. The molecule has 0 atom stereocenters. The van der Waals surface area contributed by atoms with Crippen LogP contribution >= 0.6 is 0 Å². The molecule has 4 rings (SSSR count). The van der Waals surface area contributed by atoms with E-state index in [0.29, 0.717) is 0 Å². The predicted molar refractivity (Wildman–Crippen MR) is 104 cm³/mol. The van der Waals surface area contributed by atoms with Gasteiger partial charge in [-0.25, -0.2) is 9.97 Å². The molecule has 4 aromatic rings. The van der Waals surface area contributed by atoms with Gasteiger partial charge >= 0.3 is 0 Å². The molecule has 0 saturated heterocycles. The summed E-state index contributed by atoms with van der Waals surface area (Å²) < 4.78 is 5.33. The van der Waals surface area contributed by atoms with Crippen molar-refractivity contribution in [3.63, 3.8) is 0 Å². The molecule has 0 spiro atoms. The van der Waals surface area contributed by atoms with E-state index in [9.17, 15) is 0 Å². The number of benzene rings is 2. The molecule has 2 aromatic heterocycles. The molecule has 0 aliphatic heterocycles. The average Bonchev–Trinajstić information content (AvgIpc) is 3.13. The molecule has 0 unspecified atom stereocenters. The third-order valence-electron chi connectivity index (χ3n) is 4.41. The van der Waals surface area contributed by atoms with Crippen molar-refractivity contribution in [3.05, 3.63) is 72.6 Å². The second-order valence-corrected chi connectivity index (χ2v) is 6.22. The smallest absolute Gasteiger partial charge is 0.143 e. The molecule has 0 saturated carbocycles. The molecule has 26 heavy (non-hydrogen) atoms. The Balaban J connectivity index is 1.71. The maximum atomic E-state index is 5.33. The highest BCUT2D eigenvalue weighted by Gasteiger charge is 2.13. The normalized spacial score (nSPS) is 10.8. The lowest BCUT2D eigenvalue weighted by molar-refractivity contribution is 0.415. The number of rotatable bonds is 5. The monoisotopic (exact) mass is 344 g/mol. The summed E-state index contributed by atoms with van der Waals surface area (Å²) in [6.45, 7) is 0.784. The number of H-pyrrole nitrogens is 1. The minimum Gasteiger partial charge on any atom is -0.497 e. The Morgan fingerprint density at radius 1 is 1.00 bits per heavy atom. The lowest BCUT2D eigenvalue weighted by Crippen LogP contribution is -2.17. The van der Waals surface area contributed by atoms with Crippen LogP contribution in [-0.2, 0) is 6.54 Å². The van der Waals surface area contributed by atoms with Crippen LogP contribution < -0.4 is 9.64 Å². The van der Waals surface area contributed by atoms with Gasteiger partial charge in [0.2, 0.25) is 0 Å². The van der Waals surface area contributed by atoms with Gasteiger partial charge in [0.25, 0.3) is 0 Å². The third kappa shape index (κ3) is 3.11. The van der Waals surface area contributed by atoms with Gasteiger partial charge in [-0.2, -0.15) is 0 Å². The highest BCUT2D eigenvalue weighted by molar-refractivity contribution is 5.91. The molecule has 2 aromatic carbocycles. The van der Waals surface area contributed by atoms with Gasteiger partial charge in [-0.1, -0.05) is 42.5 Å². The Bertz CT molecular complexity index is 1030. The summed E-state index contributed by atoms with van der Waals surface area (Å²) in [6.07, 6.45) is 1.60. The first-order valence-electron chi connectivity index (χ1n) is 8.48. The van der Waals surface area contributed by atoms with Crippen LogP contribution in [0.5, 0.6) is 5.75 Å². The van der Waals surface area contributed by atoms with E-state index in [1.165, 1.54) is 5.56 Å². The van der Waals surface area contributed by atoms with Crippen molar-refractivity contribution in [2.45, 2.75) is 6.54 Å². The number of ether oxygens (including phenoxy) is 1. The highest BCUT2D eigenvalue weighted by Crippen LogP contribution is 2.30. The maximum absolute atomic E-state index is 5.33. The topological polar surface area (TPSA) is 54.0 Å². The van der Waals surface area contributed by atoms with Crippen LogP contribution in [0.3, 0.4) is 0 Å². The molecule has 0 radical (unpaired) electrons. The molecule has 0 fully saturated rings. The maximum Gasteiger partial charge on any atom is 0.143 e. The summed E-state index contributed by atoms with van der Waals surface area (Å²) in [4.78, 5) is 14.4. The van der Waals surface area contributed by atoms with Crippen molar-refractivity contribution in [1.29, 1.82) is 0 Å². The van der Waals surface area contributed by atoms with Gasteiger partial charge in [-0.15, -0.1) is 0 Å². The third-order valence-corrected chi connectivity index (χ3v) is 4.41. The van der Waals surface area contributed by atoms with E-state index in [-0.39, 0.29) is 0 Å². The Hall–Kier alpha value is -3.34. The van der Waals surface area contributed by atoms with Gasteiger partial charge in [0.1, 0.15) is 23.5 Å². The lowest BCUT2D eigenvalue weighted by atomic mass is 10.1. The van der Waals surface area contributed by atoms with Gasteiger partial charge in [-0.3, -0.25) is 0 Å².